The number of hydrogen-bond acceptors (Lipinski definition) is 5. The van der Waals surface area contributed by atoms with Gasteiger partial charge < -0.3 is 4.74 Å². The molecule has 26 heavy (non-hydrogen) atoms. The Hall–Kier alpha value is -2.44. The van der Waals surface area contributed by atoms with Crippen LogP contribution in [0.2, 0.25) is 5.02 Å². The monoisotopic (exact) mass is 387 g/mol. The molecule has 1 aromatic heterocycles. The van der Waals surface area contributed by atoms with Crippen LogP contribution in [-0.4, -0.2) is 22.2 Å². The summed E-state index contributed by atoms with van der Waals surface area (Å²) in [7, 11) is 0. The smallest absolute Gasteiger partial charge is 0.266 e. The van der Waals surface area contributed by atoms with E-state index in [0.717, 1.165) is 23.3 Å². The summed E-state index contributed by atoms with van der Waals surface area (Å²) >= 11 is 7.19. The number of amides is 1. The maximum absolute atomic E-state index is 12.4. The molecule has 134 valence electrons. The summed E-state index contributed by atoms with van der Waals surface area (Å²) in [5.41, 5.74) is 1.96. The van der Waals surface area contributed by atoms with Crippen LogP contribution in [0.15, 0.2) is 48.5 Å². The van der Waals surface area contributed by atoms with Gasteiger partial charge in [-0.25, -0.2) is 0 Å². The first-order valence-electron chi connectivity index (χ1n) is 8.21. The van der Waals surface area contributed by atoms with E-state index in [1.54, 1.807) is 19.1 Å². The number of aryl methyl sites for hydroxylation is 1. The highest BCUT2D eigenvalue weighted by atomic mass is 35.5. The standard InChI is InChI=1S/C19H18ClN3O2S/c1-3-13-6-4-5-7-16(13)25-12(2)17(24)21-19-23-22-18(26-19)14-8-10-15(20)11-9-14/h4-12H,3H2,1-2H3,(H,21,23,24)/t12-/m0/s1. The Labute approximate surface area is 161 Å². The topological polar surface area (TPSA) is 64.1 Å². The molecule has 3 rings (SSSR count). The fourth-order valence-corrected chi connectivity index (χ4v) is 3.22. The maximum Gasteiger partial charge on any atom is 0.266 e. The molecule has 0 aliphatic rings. The summed E-state index contributed by atoms with van der Waals surface area (Å²) in [6.45, 7) is 3.76. The van der Waals surface area contributed by atoms with Crippen molar-refractivity contribution in [1.29, 1.82) is 0 Å². The number of aromatic nitrogens is 2. The van der Waals surface area contributed by atoms with Gasteiger partial charge >= 0.3 is 0 Å². The third kappa shape index (κ3) is 4.39. The van der Waals surface area contributed by atoms with Crippen LogP contribution in [-0.2, 0) is 11.2 Å². The zero-order valence-electron chi connectivity index (χ0n) is 14.4. The van der Waals surface area contributed by atoms with Crippen LogP contribution in [0.1, 0.15) is 19.4 Å². The summed E-state index contributed by atoms with van der Waals surface area (Å²) in [6.07, 6.45) is 0.191. The lowest BCUT2D eigenvalue weighted by molar-refractivity contribution is -0.122. The van der Waals surface area contributed by atoms with E-state index < -0.39 is 6.10 Å². The molecule has 1 atom stereocenters. The van der Waals surface area contributed by atoms with E-state index >= 15 is 0 Å². The minimum atomic E-state index is -0.648. The van der Waals surface area contributed by atoms with Crippen molar-refractivity contribution in [3.63, 3.8) is 0 Å². The average molecular weight is 388 g/mol. The summed E-state index contributed by atoms with van der Waals surface area (Å²) < 4.78 is 5.80. The van der Waals surface area contributed by atoms with E-state index in [4.69, 9.17) is 16.3 Å². The Morgan fingerprint density at radius 3 is 2.65 bits per heavy atom. The number of rotatable bonds is 6. The number of carbonyl (C=O) groups excluding carboxylic acids is 1. The van der Waals surface area contributed by atoms with Crippen molar-refractivity contribution >= 4 is 34.0 Å². The molecule has 0 saturated carbocycles. The number of benzene rings is 2. The molecule has 2 aromatic carbocycles. The van der Waals surface area contributed by atoms with E-state index in [1.807, 2.05) is 43.3 Å². The van der Waals surface area contributed by atoms with E-state index in [-0.39, 0.29) is 5.91 Å². The maximum atomic E-state index is 12.4. The molecule has 3 aromatic rings. The van der Waals surface area contributed by atoms with Gasteiger partial charge in [-0.1, -0.05) is 60.2 Å². The lowest BCUT2D eigenvalue weighted by Crippen LogP contribution is -2.30. The van der Waals surface area contributed by atoms with Crippen LogP contribution in [0.5, 0.6) is 5.75 Å². The first-order valence-corrected chi connectivity index (χ1v) is 9.41. The Kier molecular flexibility index (Phi) is 5.85. The van der Waals surface area contributed by atoms with Crippen molar-refractivity contribution in [2.75, 3.05) is 5.32 Å². The van der Waals surface area contributed by atoms with Crippen LogP contribution in [0, 0.1) is 0 Å². The number of anilines is 1. The molecule has 7 heteroatoms. The summed E-state index contributed by atoms with van der Waals surface area (Å²) in [4.78, 5) is 12.4. The molecule has 1 heterocycles. The molecular weight excluding hydrogens is 370 g/mol. The first-order chi connectivity index (χ1) is 12.6. The highest BCUT2D eigenvalue weighted by Gasteiger charge is 2.18. The van der Waals surface area contributed by atoms with Gasteiger partial charge in [-0.2, -0.15) is 0 Å². The zero-order chi connectivity index (χ0) is 18.5. The molecule has 0 spiro atoms. The number of carbonyl (C=O) groups is 1. The highest BCUT2D eigenvalue weighted by molar-refractivity contribution is 7.18. The number of para-hydroxylation sites is 1. The van der Waals surface area contributed by atoms with E-state index in [0.29, 0.717) is 15.2 Å². The molecule has 0 fully saturated rings. The van der Waals surface area contributed by atoms with Crippen molar-refractivity contribution in [1.82, 2.24) is 10.2 Å². The lowest BCUT2D eigenvalue weighted by atomic mass is 10.1. The van der Waals surface area contributed by atoms with Crippen molar-refractivity contribution in [2.24, 2.45) is 0 Å². The molecule has 5 nitrogen and oxygen atoms in total. The summed E-state index contributed by atoms with van der Waals surface area (Å²) in [5, 5.41) is 12.7. The van der Waals surface area contributed by atoms with Crippen LogP contribution in [0.25, 0.3) is 10.6 Å². The van der Waals surface area contributed by atoms with Crippen molar-refractivity contribution in [2.45, 2.75) is 26.4 Å². The van der Waals surface area contributed by atoms with Crippen LogP contribution >= 0.6 is 22.9 Å². The molecule has 1 amide bonds. The van der Waals surface area contributed by atoms with Gasteiger partial charge in [0.2, 0.25) is 5.13 Å². The number of ether oxygens (including phenoxy) is 1. The number of hydrogen-bond donors (Lipinski definition) is 1. The van der Waals surface area contributed by atoms with Crippen LogP contribution < -0.4 is 10.1 Å². The quantitative estimate of drug-likeness (QED) is 0.658. The Morgan fingerprint density at radius 2 is 1.92 bits per heavy atom. The Morgan fingerprint density at radius 1 is 1.19 bits per heavy atom. The van der Waals surface area contributed by atoms with Gasteiger partial charge in [0.1, 0.15) is 10.8 Å². The van der Waals surface area contributed by atoms with Crippen LogP contribution in [0.4, 0.5) is 5.13 Å². The molecule has 0 bridgehead atoms. The number of nitrogens with zero attached hydrogens (tertiary/aromatic N) is 2. The highest BCUT2D eigenvalue weighted by Crippen LogP contribution is 2.27. The zero-order valence-corrected chi connectivity index (χ0v) is 16.0. The van der Waals surface area contributed by atoms with Gasteiger partial charge in [0.05, 0.1) is 0 Å². The van der Waals surface area contributed by atoms with Crippen molar-refractivity contribution in [3.05, 3.63) is 59.1 Å². The fourth-order valence-electron chi connectivity index (χ4n) is 2.34. The van der Waals surface area contributed by atoms with Gasteiger partial charge in [0.25, 0.3) is 5.91 Å². The molecule has 1 N–H and O–H groups in total. The molecule has 0 saturated heterocycles. The predicted octanol–water partition coefficient (Wildman–Crippen LogP) is 4.83. The van der Waals surface area contributed by atoms with Crippen LogP contribution in [0.3, 0.4) is 0 Å². The third-order valence-corrected chi connectivity index (χ3v) is 4.91. The second-order valence-electron chi connectivity index (χ2n) is 5.63. The van der Waals surface area contributed by atoms with Crippen molar-refractivity contribution < 1.29 is 9.53 Å². The minimum absolute atomic E-state index is 0.269. The molecule has 0 aliphatic carbocycles. The lowest BCUT2D eigenvalue weighted by Gasteiger charge is -2.15. The van der Waals surface area contributed by atoms with E-state index in [2.05, 4.69) is 15.5 Å². The van der Waals surface area contributed by atoms with Gasteiger partial charge in [-0.3, -0.25) is 10.1 Å². The van der Waals surface area contributed by atoms with Gasteiger partial charge in [-0.15, -0.1) is 10.2 Å². The van der Waals surface area contributed by atoms with Gasteiger partial charge in [0.15, 0.2) is 6.10 Å². The normalized spacial score (nSPS) is 11.8. The SMILES string of the molecule is CCc1ccccc1O[C@@H](C)C(=O)Nc1nnc(-c2ccc(Cl)cc2)s1. The predicted molar refractivity (Wildman–Crippen MR) is 105 cm³/mol. The number of nitrogens with one attached hydrogen (secondary N) is 1. The van der Waals surface area contributed by atoms with Gasteiger partial charge in [-0.05, 0) is 37.1 Å². The molecule has 0 unspecified atom stereocenters. The van der Waals surface area contributed by atoms with Crippen molar-refractivity contribution in [3.8, 4) is 16.3 Å². The Bertz CT molecular complexity index is 896. The minimum Gasteiger partial charge on any atom is -0.481 e. The molecular formula is C19H18ClN3O2S. The second kappa shape index (κ2) is 8.29. The molecule has 0 radical (unpaired) electrons. The summed E-state index contributed by atoms with van der Waals surface area (Å²) in [6, 6.07) is 15.0. The fraction of sp³-hybridized carbons (Fsp3) is 0.211. The third-order valence-electron chi connectivity index (χ3n) is 3.77. The Balaban J connectivity index is 1.65. The summed E-state index contributed by atoms with van der Waals surface area (Å²) in [5.74, 6) is 0.450. The van der Waals surface area contributed by atoms with E-state index in [1.165, 1.54) is 11.3 Å². The largest absolute Gasteiger partial charge is 0.481 e. The second-order valence-corrected chi connectivity index (χ2v) is 7.04. The molecule has 0 aliphatic heterocycles. The number of halogens is 1. The van der Waals surface area contributed by atoms with E-state index in [9.17, 15) is 4.79 Å². The average Bonchev–Trinajstić information content (AvgIpc) is 3.11. The van der Waals surface area contributed by atoms with Gasteiger partial charge in [0, 0.05) is 10.6 Å². The first kappa shape index (κ1) is 18.4.